The van der Waals surface area contributed by atoms with Crippen molar-refractivity contribution < 1.29 is 4.79 Å². The number of nitrogens with zero attached hydrogens (tertiary/aromatic N) is 4. The third-order valence-electron chi connectivity index (χ3n) is 3.08. The first-order valence-corrected chi connectivity index (χ1v) is 6.41. The van der Waals surface area contributed by atoms with E-state index in [4.69, 9.17) is 5.73 Å². The molecule has 7 nitrogen and oxygen atoms in total. The van der Waals surface area contributed by atoms with E-state index in [0.29, 0.717) is 17.0 Å². The maximum absolute atomic E-state index is 12.1. The number of rotatable bonds is 3. The Labute approximate surface area is 120 Å². The molecule has 3 rings (SSSR count). The number of hydrogen-bond donors (Lipinski definition) is 2. The molecule has 0 saturated carbocycles. The quantitative estimate of drug-likeness (QED) is 0.755. The number of imidazole rings is 1. The third kappa shape index (κ3) is 2.66. The molecule has 3 aromatic rings. The molecule has 0 bridgehead atoms. The molecule has 7 heteroatoms. The van der Waals surface area contributed by atoms with Gasteiger partial charge in [-0.1, -0.05) is 17.7 Å². The van der Waals surface area contributed by atoms with Gasteiger partial charge in [0, 0.05) is 5.69 Å². The summed E-state index contributed by atoms with van der Waals surface area (Å²) >= 11 is 0. The van der Waals surface area contributed by atoms with Crippen molar-refractivity contribution >= 4 is 28.6 Å². The van der Waals surface area contributed by atoms with E-state index in [1.165, 1.54) is 12.7 Å². The van der Waals surface area contributed by atoms with Crippen LogP contribution in [-0.4, -0.2) is 25.4 Å². The molecule has 1 aromatic carbocycles. The van der Waals surface area contributed by atoms with Crippen LogP contribution in [0, 0.1) is 6.92 Å². The van der Waals surface area contributed by atoms with E-state index in [-0.39, 0.29) is 12.5 Å². The molecule has 2 heterocycles. The van der Waals surface area contributed by atoms with Crippen molar-refractivity contribution in [1.82, 2.24) is 19.5 Å². The summed E-state index contributed by atoms with van der Waals surface area (Å²) in [5, 5.41) is 2.82. The van der Waals surface area contributed by atoms with Crippen molar-refractivity contribution in [3.05, 3.63) is 42.5 Å². The minimum atomic E-state index is -0.157. The Hall–Kier alpha value is -2.96. The van der Waals surface area contributed by atoms with Gasteiger partial charge in [-0.25, -0.2) is 15.0 Å². The summed E-state index contributed by atoms with van der Waals surface area (Å²) in [6.07, 6.45) is 2.89. The molecule has 0 aliphatic carbocycles. The smallest absolute Gasteiger partial charge is 0.244 e. The summed E-state index contributed by atoms with van der Waals surface area (Å²) in [5.74, 6) is 0.146. The van der Waals surface area contributed by atoms with E-state index in [1.54, 1.807) is 4.57 Å². The molecule has 106 valence electrons. The number of carbonyl (C=O) groups is 1. The normalized spacial score (nSPS) is 10.7. The Kier molecular flexibility index (Phi) is 3.23. The van der Waals surface area contributed by atoms with Crippen LogP contribution in [0.2, 0.25) is 0 Å². The Morgan fingerprint density at radius 2 is 2.00 bits per heavy atom. The predicted octanol–water partition coefficient (Wildman–Crippen LogP) is 1.36. The molecular weight excluding hydrogens is 268 g/mol. The van der Waals surface area contributed by atoms with Gasteiger partial charge < -0.3 is 15.6 Å². The Morgan fingerprint density at radius 1 is 1.24 bits per heavy atom. The van der Waals surface area contributed by atoms with Crippen LogP contribution in [0.25, 0.3) is 11.2 Å². The second-order valence-corrected chi connectivity index (χ2v) is 4.72. The number of hydrogen-bond acceptors (Lipinski definition) is 5. The zero-order chi connectivity index (χ0) is 14.8. The van der Waals surface area contributed by atoms with E-state index in [0.717, 1.165) is 11.3 Å². The molecule has 0 aliphatic rings. The van der Waals surface area contributed by atoms with Crippen molar-refractivity contribution in [1.29, 1.82) is 0 Å². The number of aromatic nitrogens is 4. The summed E-state index contributed by atoms with van der Waals surface area (Å²) in [6.45, 7) is 2.11. The van der Waals surface area contributed by atoms with E-state index < -0.39 is 0 Å². The number of nitrogens with one attached hydrogen (secondary N) is 1. The zero-order valence-electron chi connectivity index (χ0n) is 11.4. The Balaban J connectivity index is 1.77. The van der Waals surface area contributed by atoms with Crippen LogP contribution in [0.5, 0.6) is 0 Å². The lowest BCUT2D eigenvalue weighted by Gasteiger charge is -2.06. The maximum Gasteiger partial charge on any atom is 0.244 e. The molecule has 0 unspecified atom stereocenters. The lowest BCUT2D eigenvalue weighted by atomic mass is 10.2. The van der Waals surface area contributed by atoms with E-state index >= 15 is 0 Å². The lowest BCUT2D eigenvalue weighted by molar-refractivity contribution is -0.116. The minimum absolute atomic E-state index is 0.112. The van der Waals surface area contributed by atoms with Gasteiger partial charge in [-0.2, -0.15) is 0 Å². The van der Waals surface area contributed by atoms with Crippen LogP contribution in [0.15, 0.2) is 36.9 Å². The molecule has 21 heavy (non-hydrogen) atoms. The molecule has 0 saturated heterocycles. The standard InChI is InChI=1S/C14H14N6O/c1-9-2-4-10(5-3-9)19-11(21)6-20-8-18-12-13(15)16-7-17-14(12)20/h2-5,7-8H,6H2,1H3,(H,19,21)(H2,15,16,17). The van der Waals surface area contributed by atoms with Gasteiger partial charge in [0.05, 0.1) is 6.33 Å². The number of aryl methyl sites for hydroxylation is 1. The molecular formula is C14H14N6O. The summed E-state index contributed by atoms with van der Waals surface area (Å²) in [4.78, 5) is 24.2. The summed E-state index contributed by atoms with van der Waals surface area (Å²) in [6, 6.07) is 7.60. The number of anilines is 2. The summed E-state index contributed by atoms with van der Waals surface area (Å²) < 4.78 is 1.64. The fourth-order valence-electron chi connectivity index (χ4n) is 2.01. The van der Waals surface area contributed by atoms with Crippen LogP contribution < -0.4 is 11.1 Å². The highest BCUT2D eigenvalue weighted by Crippen LogP contribution is 2.14. The first-order valence-electron chi connectivity index (χ1n) is 6.41. The molecule has 2 aromatic heterocycles. The molecule has 1 amide bonds. The predicted molar refractivity (Wildman–Crippen MR) is 79.5 cm³/mol. The van der Waals surface area contributed by atoms with Gasteiger partial charge in [0.2, 0.25) is 5.91 Å². The average Bonchev–Trinajstić information content (AvgIpc) is 2.86. The lowest BCUT2D eigenvalue weighted by Crippen LogP contribution is -2.18. The number of benzene rings is 1. The Bertz CT molecular complexity index is 793. The number of carbonyl (C=O) groups excluding carboxylic acids is 1. The third-order valence-corrected chi connectivity index (χ3v) is 3.08. The highest BCUT2D eigenvalue weighted by atomic mass is 16.1. The van der Waals surface area contributed by atoms with Gasteiger partial charge in [-0.15, -0.1) is 0 Å². The molecule has 0 spiro atoms. The maximum atomic E-state index is 12.1. The van der Waals surface area contributed by atoms with Gasteiger partial charge in [0.25, 0.3) is 0 Å². The second-order valence-electron chi connectivity index (χ2n) is 4.72. The van der Waals surface area contributed by atoms with Crippen molar-refractivity contribution in [2.45, 2.75) is 13.5 Å². The van der Waals surface area contributed by atoms with Crippen LogP contribution >= 0.6 is 0 Å². The first-order chi connectivity index (χ1) is 10.1. The average molecular weight is 282 g/mol. The molecule has 0 aliphatic heterocycles. The van der Waals surface area contributed by atoms with Crippen LogP contribution in [-0.2, 0) is 11.3 Å². The van der Waals surface area contributed by atoms with Gasteiger partial charge in [-0.3, -0.25) is 4.79 Å². The van der Waals surface area contributed by atoms with Gasteiger partial charge in [-0.05, 0) is 19.1 Å². The monoisotopic (exact) mass is 282 g/mol. The fraction of sp³-hybridized carbons (Fsp3) is 0.143. The van der Waals surface area contributed by atoms with E-state index in [9.17, 15) is 4.79 Å². The van der Waals surface area contributed by atoms with Gasteiger partial charge in [0.15, 0.2) is 11.5 Å². The van der Waals surface area contributed by atoms with Crippen molar-refractivity contribution in [2.75, 3.05) is 11.1 Å². The van der Waals surface area contributed by atoms with Crippen molar-refractivity contribution in [3.8, 4) is 0 Å². The molecule has 0 fully saturated rings. The van der Waals surface area contributed by atoms with Crippen LogP contribution in [0.4, 0.5) is 11.5 Å². The minimum Gasteiger partial charge on any atom is -0.382 e. The number of nitrogens with two attached hydrogens (primary N) is 1. The van der Waals surface area contributed by atoms with Crippen LogP contribution in [0.3, 0.4) is 0 Å². The van der Waals surface area contributed by atoms with E-state index in [1.807, 2.05) is 31.2 Å². The molecule has 0 atom stereocenters. The van der Waals surface area contributed by atoms with Crippen molar-refractivity contribution in [3.63, 3.8) is 0 Å². The Morgan fingerprint density at radius 3 is 2.76 bits per heavy atom. The largest absolute Gasteiger partial charge is 0.382 e. The first kappa shape index (κ1) is 13.0. The molecule has 0 radical (unpaired) electrons. The summed E-state index contributed by atoms with van der Waals surface area (Å²) in [7, 11) is 0. The van der Waals surface area contributed by atoms with Crippen LogP contribution in [0.1, 0.15) is 5.56 Å². The number of nitrogen functional groups attached to an aromatic ring is 1. The summed E-state index contributed by atoms with van der Waals surface area (Å²) in [5.41, 5.74) is 8.65. The second kappa shape index (κ2) is 5.20. The highest BCUT2D eigenvalue weighted by molar-refractivity contribution is 5.91. The number of amides is 1. The van der Waals surface area contributed by atoms with Crippen molar-refractivity contribution in [2.24, 2.45) is 0 Å². The van der Waals surface area contributed by atoms with Gasteiger partial charge >= 0.3 is 0 Å². The SMILES string of the molecule is Cc1ccc(NC(=O)Cn2cnc3c(N)ncnc32)cc1. The topological polar surface area (TPSA) is 98.7 Å². The fourth-order valence-corrected chi connectivity index (χ4v) is 2.01. The van der Waals surface area contributed by atoms with E-state index in [2.05, 4.69) is 20.3 Å². The highest BCUT2D eigenvalue weighted by Gasteiger charge is 2.10. The molecule has 3 N–H and O–H groups in total. The number of fused-ring (bicyclic) bond motifs is 1. The zero-order valence-corrected chi connectivity index (χ0v) is 11.4. The van der Waals surface area contributed by atoms with Gasteiger partial charge in [0.1, 0.15) is 18.4 Å².